The predicted molar refractivity (Wildman–Crippen MR) is 524 cm³/mol. The van der Waals surface area contributed by atoms with E-state index in [9.17, 15) is 82.8 Å². The Kier molecular flexibility index (Phi) is 56.1. The highest BCUT2D eigenvalue weighted by Crippen LogP contribution is 2.19. The summed E-state index contributed by atoms with van der Waals surface area (Å²) in [5.74, 6) is -21.6. The molecule has 0 aliphatic rings. The molecule has 35 N–H and O–H groups in total. The van der Waals surface area contributed by atoms with Crippen LogP contribution in [0.2, 0.25) is 0 Å². The molecule has 141 heavy (non-hydrogen) atoms. The van der Waals surface area contributed by atoms with E-state index in [-0.39, 0.29) is 147 Å². The number of carbonyl (C=O) groups excluding carboxylic acids is 15. The second kappa shape index (κ2) is 65.2. The number of nitrogens with two attached hydrogens (primary N) is 6. The van der Waals surface area contributed by atoms with Crippen LogP contribution in [0.15, 0.2) is 91.0 Å². The van der Waals surface area contributed by atoms with Crippen LogP contribution in [0.5, 0.6) is 0 Å². The number of aliphatic carboxylic acids is 3. The van der Waals surface area contributed by atoms with E-state index in [2.05, 4.69) is 85.1 Å². The fourth-order valence-corrected chi connectivity index (χ4v) is 15.1. The van der Waals surface area contributed by atoms with E-state index in [1.165, 1.54) is 18.8 Å². The monoisotopic (exact) mass is 2000 g/mol. The Morgan fingerprint density at radius 2 is 0.709 bits per heavy atom. The Morgan fingerprint density at radius 3 is 1.07 bits per heavy atom. The van der Waals surface area contributed by atoms with Gasteiger partial charge in [0.25, 0.3) is 0 Å². The molecule has 0 unspecified atom stereocenters. The number of aliphatic hydroxyl groups is 1. The van der Waals surface area contributed by atoms with Crippen molar-refractivity contribution >= 4 is 136 Å². The molecule has 0 saturated heterocycles. The van der Waals surface area contributed by atoms with Gasteiger partial charge >= 0.3 is 17.9 Å². The summed E-state index contributed by atoms with van der Waals surface area (Å²) in [5.41, 5.74) is 35.2. The fraction of sp³-hybridized carbons (Fsp3) is 0.576. The molecule has 3 aromatic rings. The number of amides is 15. The van der Waals surface area contributed by atoms with Crippen molar-refractivity contribution in [3.05, 3.63) is 108 Å². The van der Waals surface area contributed by atoms with Crippen LogP contribution >= 0.6 is 11.8 Å². The van der Waals surface area contributed by atoms with Gasteiger partial charge in [-0.25, -0.2) is 4.79 Å². The molecule has 0 aliphatic heterocycles. The minimum absolute atomic E-state index is 0.0470. The van der Waals surface area contributed by atoms with E-state index >= 15 is 24.0 Å². The molecule has 15 amide bonds. The number of carbonyl (C=O) groups is 18. The number of rotatable bonds is 69. The van der Waals surface area contributed by atoms with Crippen molar-refractivity contribution in [1.82, 2.24) is 90.0 Å². The van der Waals surface area contributed by atoms with Crippen LogP contribution in [0.3, 0.4) is 0 Å². The number of benzene rings is 3. The normalized spacial score (nSPS) is 14.5. The Morgan fingerprint density at radius 1 is 0.383 bits per heavy atom. The fourth-order valence-electron chi connectivity index (χ4n) is 14.6. The van der Waals surface area contributed by atoms with Crippen LogP contribution < -0.4 is 119 Å². The van der Waals surface area contributed by atoms with Crippen LogP contribution in [-0.4, -0.2) is 292 Å². The highest BCUT2D eigenvalue weighted by Gasteiger charge is 2.41. The molecule has 0 heterocycles. The standard InChI is InChI=1S/C92H146N26O22S/c1-9-53(6)74(87(137)115-64(45-52(4)5)79(129)107-61(35-36-71(95)120)78(128)109-62(89(139)140)33-23-42-104-92(100)101)117-84(134)67(48-56-28-17-12-18-29-56)113-83(133)68(49-73(123)124)114-76(126)59(31-21-40-102-90(96)97)105-81(131)65(46-54-24-13-10-14-25-54)112-82(132)66(47-55-26-15-11-16-27-55)111-75(125)58(30-19-20-39-93)106-85(135)69(50-119)116-80(130)63(44-51(2)3)110-77(127)60(32-22-41-103-91(98)99)108-86(136)70(38-43-141-8)118(7)88(138)57(94)34-37-72(121)122/h10-18,24-29,51-53,57-70,74,119H,9,19-23,30-50,93-94H2,1-8H3,(H2,95,120)(H,105,131)(H,106,135)(H,107,129)(H,108,136)(H,109,128)(H,110,127)(H,111,125)(H,112,132)(H,113,133)(H,114,126)(H,115,137)(H,116,130)(H,117,134)(H,121,122)(H,123,124)(H,139,140)(H4,96,97,102)(H4,98,99,103)(H4,100,101,104)/t53-,57-,58-,59-,60-,61-,62-,63-,64-,65-,66-,67-,68-,69-,70-,74-/m0/s1. The first-order valence-electron chi connectivity index (χ1n) is 46.8. The lowest BCUT2D eigenvalue weighted by molar-refractivity contribution is -0.143. The smallest absolute Gasteiger partial charge is 0.326 e. The van der Waals surface area contributed by atoms with Gasteiger partial charge < -0.3 is 145 Å². The summed E-state index contributed by atoms with van der Waals surface area (Å²) in [6, 6.07) is 0.700. The van der Waals surface area contributed by atoms with Gasteiger partial charge in [-0.15, -0.1) is 0 Å². The van der Waals surface area contributed by atoms with E-state index in [0.717, 1.165) is 4.90 Å². The van der Waals surface area contributed by atoms with E-state index < -0.39 is 247 Å². The molecule has 3 rings (SSSR count). The summed E-state index contributed by atoms with van der Waals surface area (Å²) in [5, 5.41) is 105. The second-order valence-corrected chi connectivity index (χ2v) is 36.1. The summed E-state index contributed by atoms with van der Waals surface area (Å²) in [6.07, 6.45) is -2.02. The summed E-state index contributed by atoms with van der Waals surface area (Å²) in [7, 11) is 1.31. The van der Waals surface area contributed by atoms with Crippen molar-refractivity contribution in [3.8, 4) is 0 Å². The Hall–Kier alpha value is -13.8. The molecular formula is C92H146N26O22S. The Bertz CT molecular complexity index is 4630. The van der Waals surface area contributed by atoms with Crippen LogP contribution in [0.4, 0.5) is 0 Å². The number of nitrogens with zero attached hydrogens (tertiary/aromatic N) is 1. The SMILES string of the molecule is CC[C@H](C)[C@H](NC(=O)[C@H](Cc1ccccc1)NC(=O)[C@H](CC(=O)O)NC(=O)[C@H](CCCNC(=N)N)NC(=O)[C@H](Cc1ccccc1)NC(=O)[C@H](Cc1ccccc1)NC(=O)[C@H](CCCCN)NC(=O)[C@H](CO)NC(=O)[C@H](CC(C)C)NC(=O)[C@H](CCCNC(=N)N)NC(=O)[C@H](CCSC)N(C)C(=O)[C@@H](N)CCC(=O)O)C(=O)N[C@@H](CC(C)C)C(=O)N[C@@H](CCC(N)=O)C(=O)N[C@@H](CCCNC(=N)N)C(=O)O. The number of hydrogen-bond acceptors (Lipinski definition) is 25. The number of thioether (sulfide) groups is 1. The van der Waals surface area contributed by atoms with Crippen molar-refractivity contribution in [3.63, 3.8) is 0 Å². The maximum absolute atomic E-state index is 15.3. The van der Waals surface area contributed by atoms with E-state index in [0.29, 0.717) is 28.9 Å². The molecule has 0 fully saturated rings. The zero-order valence-electron chi connectivity index (χ0n) is 81.1. The quantitative estimate of drug-likeness (QED) is 0.0144. The lowest BCUT2D eigenvalue weighted by Gasteiger charge is -2.31. The number of unbranched alkanes of at least 4 members (excludes halogenated alkanes) is 1. The highest BCUT2D eigenvalue weighted by molar-refractivity contribution is 7.98. The maximum Gasteiger partial charge on any atom is 0.326 e. The van der Waals surface area contributed by atoms with Gasteiger partial charge in [0.1, 0.15) is 84.6 Å². The largest absolute Gasteiger partial charge is 0.481 e. The van der Waals surface area contributed by atoms with Gasteiger partial charge in [-0.2, -0.15) is 11.8 Å². The third-order valence-corrected chi connectivity index (χ3v) is 23.1. The molecule has 0 aromatic heterocycles. The molecule has 0 saturated carbocycles. The molecule has 0 bridgehead atoms. The van der Waals surface area contributed by atoms with Crippen molar-refractivity contribution in [2.75, 3.05) is 51.8 Å². The summed E-state index contributed by atoms with van der Waals surface area (Å²) < 4.78 is 0. The molecule has 3 aromatic carbocycles. The molecule has 16 atom stereocenters. The van der Waals surface area contributed by atoms with Gasteiger partial charge in [0, 0.05) is 58.8 Å². The summed E-state index contributed by atoms with van der Waals surface area (Å²) in [6.45, 7) is 9.17. The van der Waals surface area contributed by atoms with Gasteiger partial charge in [-0.05, 0) is 143 Å². The first-order chi connectivity index (χ1) is 66.7. The highest BCUT2D eigenvalue weighted by atomic mass is 32.2. The lowest BCUT2D eigenvalue weighted by Crippen LogP contribution is -2.62. The van der Waals surface area contributed by atoms with Crippen LogP contribution in [0, 0.1) is 34.0 Å². The number of carboxylic acids is 3. The van der Waals surface area contributed by atoms with Gasteiger partial charge in [0.2, 0.25) is 88.6 Å². The minimum atomic E-state index is -2.07. The summed E-state index contributed by atoms with van der Waals surface area (Å²) >= 11 is 1.35. The topological polar surface area (TPSA) is 812 Å². The third-order valence-electron chi connectivity index (χ3n) is 22.5. The van der Waals surface area contributed by atoms with Crippen LogP contribution in [0.1, 0.15) is 174 Å². The van der Waals surface area contributed by atoms with Gasteiger partial charge in [-0.1, -0.05) is 139 Å². The van der Waals surface area contributed by atoms with Gasteiger partial charge in [0.05, 0.1) is 19.1 Å². The van der Waals surface area contributed by atoms with Gasteiger partial charge in [0.15, 0.2) is 17.9 Å². The number of aliphatic hydroxyl groups excluding tert-OH is 1. The Labute approximate surface area is 823 Å². The van der Waals surface area contributed by atoms with Gasteiger partial charge in [-0.3, -0.25) is 97.7 Å². The third kappa shape index (κ3) is 47.6. The van der Waals surface area contributed by atoms with Crippen molar-refractivity contribution in [2.45, 2.75) is 267 Å². The molecule has 49 heteroatoms. The van der Waals surface area contributed by atoms with Crippen molar-refractivity contribution in [1.29, 1.82) is 16.2 Å². The zero-order valence-corrected chi connectivity index (χ0v) is 81.9. The minimum Gasteiger partial charge on any atom is -0.481 e. The molecule has 0 aliphatic carbocycles. The van der Waals surface area contributed by atoms with Crippen molar-refractivity contribution < 1.29 is 107 Å². The number of hydrogen-bond donors (Lipinski definition) is 29. The zero-order chi connectivity index (χ0) is 106. The second-order valence-electron chi connectivity index (χ2n) is 35.1. The average Bonchev–Trinajstić information content (AvgIpc) is 0.840. The molecule has 0 spiro atoms. The molecular weight excluding hydrogens is 1850 g/mol. The van der Waals surface area contributed by atoms with Crippen LogP contribution in [-0.2, 0) is 106 Å². The summed E-state index contributed by atoms with van der Waals surface area (Å²) in [4.78, 5) is 255. The Balaban J connectivity index is 2.11. The van der Waals surface area contributed by atoms with E-state index in [1.54, 1.807) is 139 Å². The van der Waals surface area contributed by atoms with E-state index in [1.807, 2.05) is 0 Å². The molecule has 0 radical (unpaired) electrons. The van der Waals surface area contributed by atoms with E-state index in [4.69, 9.17) is 50.6 Å². The predicted octanol–water partition coefficient (Wildman–Crippen LogP) is -4.34. The number of carboxylic acid groups (broad SMARTS) is 3. The number of guanidine groups is 3. The molecule has 48 nitrogen and oxygen atoms in total. The average molecular weight is 2000 g/mol. The maximum atomic E-state index is 15.3. The van der Waals surface area contributed by atoms with Crippen LogP contribution in [0.25, 0.3) is 0 Å². The number of nitrogens with one attached hydrogen (secondary N) is 19. The number of likely N-dealkylation sites (N-methyl/N-ethyl adjacent to an activating group) is 1. The first kappa shape index (κ1) is 121. The lowest BCUT2D eigenvalue weighted by atomic mass is 9.95. The van der Waals surface area contributed by atoms with Crippen molar-refractivity contribution in [2.24, 2.45) is 52.2 Å². The molecule has 782 valence electrons. The number of primary amides is 1. The first-order valence-corrected chi connectivity index (χ1v) is 48.2.